The van der Waals surface area contributed by atoms with Crippen molar-refractivity contribution in [1.29, 1.82) is 5.26 Å². The van der Waals surface area contributed by atoms with Gasteiger partial charge in [0.05, 0.1) is 22.3 Å². The number of nitrogens with zero attached hydrogens (tertiary/aromatic N) is 2. The van der Waals surface area contributed by atoms with Crippen LogP contribution in [-0.4, -0.2) is 17.0 Å². The van der Waals surface area contributed by atoms with Gasteiger partial charge in [-0.2, -0.15) is 18.4 Å². The Bertz CT molecular complexity index is 1190. The van der Waals surface area contributed by atoms with Gasteiger partial charge in [0.2, 0.25) is 5.78 Å². The van der Waals surface area contributed by atoms with Crippen LogP contribution in [-0.2, 0) is 11.6 Å². The summed E-state index contributed by atoms with van der Waals surface area (Å²) in [5, 5.41) is 12.6. The van der Waals surface area contributed by atoms with Gasteiger partial charge in [-0.05, 0) is 29.2 Å². The molecule has 172 valence electrons. The predicted octanol–water partition coefficient (Wildman–Crippen LogP) is 6.00. The molecule has 0 aliphatic carbocycles. The largest absolute Gasteiger partial charge is 0.417 e. The minimum Gasteiger partial charge on any atom is -0.356 e. The summed E-state index contributed by atoms with van der Waals surface area (Å²) in [4.78, 5) is 12.7. The predicted molar refractivity (Wildman–Crippen MR) is 118 cm³/mol. The number of halogens is 4. The Kier molecular flexibility index (Phi) is 6.81. The fourth-order valence-corrected chi connectivity index (χ4v) is 3.23. The zero-order valence-electron chi connectivity index (χ0n) is 17.9. The van der Waals surface area contributed by atoms with Crippen molar-refractivity contribution in [3.63, 3.8) is 0 Å². The van der Waals surface area contributed by atoms with Crippen molar-refractivity contribution in [3.8, 4) is 17.4 Å². The molecule has 0 spiro atoms. The van der Waals surface area contributed by atoms with E-state index in [9.17, 15) is 23.2 Å². The molecule has 1 unspecified atom stereocenters. The lowest BCUT2D eigenvalue weighted by Gasteiger charge is -2.18. The lowest BCUT2D eigenvalue weighted by molar-refractivity contribution is -0.137. The van der Waals surface area contributed by atoms with E-state index in [1.807, 2.05) is 24.3 Å². The van der Waals surface area contributed by atoms with Gasteiger partial charge in [-0.1, -0.05) is 61.8 Å². The third-order valence-electron chi connectivity index (χ3n) is 4.82. The Morgan fingerprint density at radius 3 is 2.33 bits per heavy atom. The Labute approximate surface area is 193 Å². The van der Waals surface area contributed by atoms with E-state index in [1.54, 1.807) is 6.07 Å². The highest BCUT2D eigenvalue weighted by atomic mass is 35.5. The van der Waals surface area contributed by atoms with Crippen LogP contribution in [0.3, 0.4) is 0 Å². The molecule has 3 aromatic rings. The summed E-state index contributed by atoms with van der Waals surface area (Å²) >= 11 is 5.68. The quantitative estimate of drug-likeness (QED) is 0.335. The molecule has 0 bridgehead atoms. The molecule has 0 amide bonds. The number of carbonyl (C=O) groups is 1. The second kappa shape index (κ2) is 9.25. The van der Waals surface area contributed by atoms with Crippen LogP contribution in [0.4, 0.5) is 18.9 Å². The average Bonchev–Trinajstić information content (AvgIpc) is 3.23. The summed E-state index contributed by atoms with van der Waals surface area (Å²) in [6, 6.07) is 12.4. The van der Waals surface area contributed by atoms with Crippen molar-refractivity contribution in [2.45, 2.75) is 38.4 Å². The standard InChI is InChI=1S/C23H20ClF3N4O2/c1-22(2,3)14-6-4-13(5-7-14)20-11-18(31-33-20)21(32)19(12-28)30-29-15-8-9-16(17(24)10-15)23(25,26)27/h4-11,19,29-30H,1-3H3. The second-order valence-corrected chi connectivity index (χ2v) is 8.70. The van der Waals surface area contributed by atoms with Crippen molar-refractivity contribution in [3.05, 3.63) is 70.4 Å². The van der Waals surface area contributed by atoms with Gasteiger partial charge in [0.1, 0.15) is 0 Å². The molecule has 0 radical (unpaired) electrons. The number of hydrogen-bond donors (Lipinski definition) is 2. The zero-order chi connectivity index (χ0) is 24.4. The van der Waals surface area contributed by atoms with Crippen LogP contribution in [0.15, 0.2) is 53.1 Å². The molecule has 1 aromatic heterocycles. The van der Waals surface area contributed by atoms with Crippen LogP contribution in [0.1, 0.15) is 42.4 Å². The summed E-state index contributed by atoms with van der Waals surface area (Å²) < 4.78 is 43.7. The Morgan fingerprint density at radius 2 is 1.79 bits per heavy atom. The number of nitrogens with one attached hydrogen (secondary N) is 2. The van der Waals surface area contributed by atoms with Crippen LogP contribution < -0.4 is 10.9 Å². The number of anilines is 1. The molecular formula is C23H20ClF3N4O2. The molecule has 3 rings (SSSR count). The van der Waals surface area contributed by atoms with Crippen LogP contribution in [0.2, 0.25) is 5.02 Å². The van der Waals surface area contributed by atoms with E-state index >= 15 is 0 Å². The molecule has 0 aliphatic heterocycles. The first-order valence-corrected chi connectivity index (χ1v) is 10.2. The number of Topliss-reactive ketones (excluding diaryl/α,β-unsaturated/α-hetero) is 1. The maximum Gasteiger partial charge on any atom is 0.417 e. The van der Waals surface area contributed by atoms with Gasteiger partial charge in [-0.15, -0.1) is 0 Å². The maximum atomic E-state index is 12.8. The minimum absolute atomic E-state index is 0.0168. The number of hydrazine groups is 1. The number of nitriles is 1. The molecule has 1 heterocycles. The van der Waals surface area contributed by atoms with Crippen LogP contribution in [0.5, 0.6) is 0 Å². The first-order valence-electron chi connectivity index (χ1n) is 9.80. The van der Waals surface area contributed by atoms with Gasteiger partial charge >= 0.3 is 6.18 Å². The van der Waals surface area contributed by atoms with Gasteiger partial charge in [0.25, 0.3) is 0 Å². The molecule has 0 aliphatic rings. The smallest absolute Gasteiger partial charge is 0.356 e. The molecule has 0 saturated carbocycles. The number of ketones is 1. The van der Waals surface area contributed by atoms with Crippen LogP contribution >= 0.6 is 11.6 Å². The van der Waals surface area contributed by atoms with Crippen molar-refractivity contribution in [2.75, 3.05) is 5.43 Å². The van der Waals surface area contributed by atoms with Gasteiger partial charge in [0, 0.05) is 11.6 Å². The Hall–Kier alpha value is -3.35. The van der Waals surface area contributed by atoms with Crippen LogP contribution in [0, 0.1) is 11.3 Å². The lowest BCUT2D eigenvalue weighted by Crippen LogP contribution is -2.39. The first kappa shape index (κ1) is 24.3. The number of aromatic nitrogens is 1. The van der Waals surface area contributed by atoms with E-state index < -0.39 is 28.6 Å². The minimum atomic E-state index is -4.59. The van der Waals surface area contributed by atoms with Crippen molar-refractivity contribution >= 4 is 23.1 Å². The third kappa shape index (κ3) is 5.72. The molecule has 2 N–H and O–H groups in total. The summed E-state index contributed by atoms with van der Waals surface area (Å²) in [6.07, 6.45) is -4.59. The number of hydrogen-bond acceptors (Lipinski definition) is 6. The van der Waals surface area contributed by atoms with E-state index in [0.717, 1.165) is 23.8 Å². The monoisotopic (exact) mass is 476 g/mol. The molecule has 0 saturated heterocycles. The van der Waals surface area contributed by atoms with Gasteiger partial charge in [0.15, 0.2) is 17.5 Å². The summed E-state index contributed by atoms with van der Waals surface area (Å²) in [5.74, 6) is -0.317. The Morgan fingerprint density at radius 1 is 1.12 bits per heavy atom. The molecule has 0 fully saturated rings. The maximum absolute atomic E-state index is 12.8. The molecule has 2 aromatic carbocycles. The molecular weight excluding hydrogens is 457 g/mol. The zero-order valence-corrected chi connectivity index (χ0v) is 18.7. The number of rotatable bonds is 6. The highest BCUT2D eigenvalue weighted by molar-refractivity contribution is 6.31. The SMILES string of the molecule is CC(C)(C)c1ccc(-c2cc(C(=O)C(C#N)NNc3ccc(C(F)(F)F)c(Cl)c3)no2)cc1. The molecule has 6 nitrogen and oxygen atoms in total. The van der Waals surface area contributed by atoms with E-state index in [1.165, 1.54) is 6.07 Å². The van der Waals surface area contributed by atoms with E-state index in [4.69, 9.17) is 16.1 Å². The third-order valence-corrected chi connectivity index (χ3v) is 5.14. The number of benzene rings is 2. The normalized spacial score (nSPS) is 12.8. The van der Waals surface area contributed by atoms with Gasteiger partial charge in [-0.25, -0.2) is 5.43 Å². The highest BCUT2D eigenvalue weighted by Crippen LogP contribution is 2.35. The summed E-state index contributed by atoms with van der Waals surface area (Å²) in [6.45, 7) is 6.28. The summed E-state index contributed by atoms with van der Waals surface area (Å²) in [7, 11) is 0. The first-order chi connectivity index (χ1) is 15.4. The van der Waals surface area contributed by atoms with Crippen LogP contribution in [0.25, 0.3) is 11.3 Å². The lowest BCUT2D eigenvalue weighted by atomic mass is 9.86. The van der Waals surface area contributed by atoms with Gasteiger partial charge < -0.3 is 9.95 Å². The topological polar surface area (TPSA) is 91.0 Å². The number of carbonyl (C=O) groups excluding carboxylic acids is 1. The van der Waals surface area contributed by atoms with Crippen molar-refractivity contribution < 1.29 is 22.5 Å². The molecule has 10 heteroatoms. The van der Waals surface area contributed by atoms with Crippen molar-refractivity contribution in [2.24, 2.45) is 0 Å². The van der Waals surface area contributed by atoms with E-state index in [-0.39, 0.29) is 16.8 Å². The Balaban J connectivity index is 1.70. The summed E-state index contributed by atoms with van der Waals surface area (Å²) in [5.41, 5.74) is 5.89. The highest BCUT2D eigenvalue weighted by Gasteiger charge is 2.33. The number of alkyl halides is 3. The fraction of sp³-hybridized carbons (Fsp3) is 0.261. The van der Waals surface area contributed by atoms with Crippen molar-refractivity contribution in [1.82, 2.24) is 10.6 Å². The van der Waals surface area contributed by atoms with E-state index in [0.29, 0.717) is 11.3 Å². The fourth-order valence-electron chi connectivity index (χ4n) is 2.94. The van der Waals surface area contributed by atoms with Gasteiger partial charge in [-0.3, -0.25) is 4.79 Å². The molecule has 1 atom stereocenters. The van der Waals surface area contributed by atoms with E-state index in [2.05, 4.69) is 36.8 Å². The second-order valence-electron chi connectivity index (χ2n) is 8.29. The average molecular weight is 477 g/mol. The molecule has 33 heavy (non-hydrogen) atoms.